The van der Waals surface area contributed by atoms with Crippen LogP contribution >= 0.6 is 0 Å². The van der Waals surface area contributed by atoms with Gasteiger partial charge in [0.1, 0.15) is 13.2 Å². The molecule has 1 N–H and O–H groups in total. The first kappa shape index (κ1) is 80.4. The van der Waals surface area contributed by atoms with E-state index in [2.05, 4.69) is 148 Å². The summed E-state index contributed by atoms with van der Waals surface area (Å²) >= 11 is 0. The van der Waals surface area contributed by atoms with Crippen LogP contribution in [0.25, 0.3) is 0 Å². The zero-order chi connectivity index (χ0) is 61.9. The average molecular weight is 1180 g/mol. The number of quaternary nitrogens is 1. The molecule has 9 nitrogen and oxygen atoms in total. The molecular formula is C76H128NO8+. The summed E-state index contributed by atoms with van der Waals surface area (Å²) in [6, 6.07) is 0. The number of allylic oxidation sites excluding steroid dienone is 22. The Balaban J connectivity index is 4.21. The van der Waals surface area contributed by atoms with Crippen molar-refractivity contribution in [1.82, 2.24) is 0 Å². The Bertz CT molecular complexity index is 1860. The van der Waals surface area contributed by atoms with Crippen LogP contribution in [0.5, 0.6) is 0 Å². The molecular weight excluding hydrogens is 1050 g/mol. The normalized spacial score (nSPS) is 13.6. The molecule has 484 valence electrons. The second kappa shape index (κ2) is 65.4. The quantitative estimate of drug-likeness (QED) is 0.0211. The lowest BCUT2D eigenvalue weighted by Crippen LogP contribution is -2.40. The Hall–Kier alpha value is -4.57. The number of aliphatic carboxylic acids is 1. The number of unbranched alkanes of at least 4 members (excludes halogenated alkanes) is 25. The first-order chi connectivity index (χ1) is 41.6. The van der Waals surface area contributed by atoms with Crippen LogP contribution in [-0.4, -0.2) is 87.4 Å². The van der Waals surface area contributed by atoms with Crippen molar-refractivity contribution >= 4 is 17.9 Å². The van der Waals surface area contributed by atoms with Gasteiger partial charge < -0.3 is 28.5 Å². The van der Waals surface area contributed by atoms with Gasteiger partial charge in [0, 0.05) is 12.8 Å². The molecule has 0 saturated carbocycles. The number of ether oxygens (including phenoxy) is 4. The van der Waals surface area contributed by atoms with Gasteiger partial charge in [-0.3, -0.25) is 9.59 Å². The van der Waals surface area contributed by atoms with Crippen LogP contribution in [0.4, 0.5) is 0 Å². The Kier molecular flexibility index (Phi) is 61.9. The maximum atomic E-state index is 12.9. The van der Waals surface area contributed by atoms with Gasteiger partial charge >= 0.3 is 17.9 Å². The highest BCUT2D eigenvalue weighted by atomic mass is 16.7. The minimum atomic E-state index is -1.52. The molecule has 0 aliphatic carbocycles. The third-order valence-electron chi connectivity index (χ3n) is 14.4. The van der Waals surface area contributed by atoms with E-state index in [-0.39, 0.29) is 32.2 Å². The highest BCUT2D eigenvalue weighted by Gasteiger charge is 2.25. The van der Waals surface area contributed by atoms with Gasteiger partial charge in [-0.05, 0) is 116 Å². The number of esters is 2. The Labute approximate surface area is 522 Å². The zero-order valence-electron chi connectivity index (χ0n) is 55.2. The van der Waals surface area contributed by atoms with Gasteiger partial charge in [-0.1, -0.05) is 276 Å². The van der Waals surface area contributed by atoms with Crippen molar-refractivity contribution in [2.75, 3.05) is 47.5 Å². The predicted molar refractivity (Wildman–Crippen MR) is 364 cm³/mol. The second-order valence-corrected chi connectivity index (χ2v) is 23.7. The van der Waals surface area contributed by atoms with Gasteiger partial charge in [0.2, 0.25) is 0 Å². The summed E-state index contributed by atoms with van der Waals surface area (Å²) in [6.07, 6.45) is 91.2. The highest BCUT2D eigenvalue weighted by molar-refractivity contribution is 5.71. The van der Waals surface area contributed by atoms with E-state index in [9.17, 15) is 19.5 Å². The zero-order valence-corrected chi connectivity index (χ0v) is 55.2. The number of carbonyl (C=O) groups excluding carboxylic acids is 2. The lowest BCUT2D eigenvalue weighted by Gasteiger charge is -2.25. The van der Waals surface area contributed by atoms with E-state index < -0.39 is 24.3 Å². The molecule has 0 fully saturated rings. The van der Waals surface area contributed by atoms with Crippen molar-refractivity contribution in [3.8, 4) is 0 Å². The van der Waals surface area contributed by atoms with E-state index in [1.807, 2.05) is 21.1 Å². The number of rotatable bonds is 62. The van der Waals surface area contributed by atoms with Gasteiger partial charge in [0.15, 0.2) is 6.10 Å². The van der Waals surface area contributed by atoms with Gasteiger partial charge in [0.05, 0.1) is 34.4 Å². The molecule has 85 heavy (non-hydrogen) atoms. The number of carboxylic acid groups (broad SMARTS) is 1. The Morgan fingerprint density at radius 2 is 0.671 bits per heavy atom. The van der Waals surface area contributed by atoms with Crippen molar-refractivity contribution in [1.29, 1.82) is 0 Å². The minimum Gasteiger partial charge on any atom is -0.477 e. The van der Waals surface area contributed by atoms with E-state index in [0.717, 1.165) is 109 Å². The molecule has 0 spiro atoms. The molecule has 2 unspecified atom stereocenters. The summed E-state index contributed by atoms with van der Waals surface area (Å²) in [4.78, 5) is 37.6. The topological polar surface area (TPSA) is 108 Å². The molecule has 0 saturated heterocycles. The fourth-order valence-electron chi connectivity index (χ4n) is 9.15. The molecule has 9 heteroatoms. The monoisotopic (exact) mass is 1180 g/mol. The molecule has 0 aromatic heterocycles. The van der Waals surface area contributed by atoms with Crippen molar-refractivity contribution < 1.29 is 42.9 Å². The van der Waals surface area contributed by atoms with Crippen LogP contribution in [0.15, 0.2) is 134 Å². The van der Waals surface area contributed by atoms with Gasteiger partial charge in [-0.2, -0.15) is 0 Å². The van der Waals surface area contributed by atoms with Crippen LogP contribution in [-0.2, 0) is 33.3 Å². The van der Waals surface area contributed by atoms with Crippen molar-refractivity contribution in [2.24, 2.45) is 0 Å². The smallest absolute Gasteiger partial charge is 0.361 e. The molecule has 0 bridgehead atoms. The molecule has 0 amide bonds. The van der Waals surface area contributed by atoms with E-state index in [4.69, 9.17) is 18.9 Å². The predicted octanol–water partition coefficient (Wildman–Crippen LogP) is 21.4. The average Bonchev–Trinajstić information content (AvgIpc) is 3.49. The van der Waals surface area contributed by atoms with E-state index in [1.54, 1.807) is 0 Å². The number of likely N-dealkylation sites (N-methyl/N-ethyl adjacent to an activating group) is 1. The summed E-state index contributed by atoms with van der Waals surface area (Å²) < 4.78 is 23.0. The number of hydrogen-bond donors (Lipinski definition) is 1. The standard InChI is InChI=1S/C76H127NO8/c1-6-8-10-12-14-16-18-20-22-24-26-28-30-32-34-35-36-37-38-39-41-43-45-47-49-51-53-55-57-59-61-63-65-67-74(79)85-72(71-84-76(75(80)81)82-69-68-77(3,4)5)70-83-73(78)66-64-62-60-58-56-54-52-50-48-46-44-42-40-33-31-29-27-25-23-21-19-17-15-13-11-9-7-2/h8,10,14,16,19-22,25-28,31-34,36-37,39,41,45,47,72,76H,6-7,9,11-13,15,17-18,23-24,29-30,35,38,40,42-44,46,48-71H2,1-5H3/p+1/b10-8-,16-14-,21-19-,22-20-,27-25-,28-26-,33-31-,34-32-,37-36-,41-39-,47-45-. The SMILES string of the molecule is CC/C=C\C/C=C\C/C=C\C/C=C\C/C=C\C/C=C\C/C=C\C/C=C\CCCCCCCCCCC(=O)OC(COC(=O)CCCCCCCCCCCCCC/C=C\C/C=C\C/C=C\CCCCCCC)COC(OCC[N+](C)(C)C)C(=O)O. The third kappa shape index (κ3) is 66.8. The molecule has 0 radical (unpaired) electrons. The number of hydrogen-bond acceptors (Lipinski definition) is 7. The van der Waals surface area contributed by atoms with Crippen LogP contribution in [0, 0.1) is 0 Å². The molecule has 0 heterocycles. The van der Waals surface area contributed by atoms with Crippen molar-refractivity contribution in [2.45, 2.75) is 283 Å². The molecule has 0 rings (SSSR count). The minimum absolute atomic E-state index is 0.179. The Morgan fingerprint density at radius 3 is 1.00 bits per heavy atom. The van der Waals surface area contributed by atoms with E-state index in [1.165, 1.54) is 128 Å². The van der Waals surface area contributed by atoms with Crippen LogP contribution in [0.3, 0.4) is 0 Å². The first-order valence-electron chi connectivity index (χ1n) is 34.3. The highest BCUT2D eigenvalue weighted by Crippen LogP contribution is 2.16. The number of carboxylic acids is 1. The summed E-state index contributed by atoms with van der Waals surface area (Å²) in [7, 11) is 5.97. The van der Waals surface area contributed by atoms with Gasteiger partial charge in [-0.15, -0.1) is 0 Å². The van der Waals surface area contributed by atoms with Gasteiger partial charge in [-0.25, -0.2) is 4.79 Å². The van der Waals surface area contributed by atoms with Crippen LogP contribution < -0.4 is 0 Å². The fraction of sp³-hybridized carbons (Fsp3) is 0.671. The van der Waals surface area contributed by atoms with Crippen LogP contribution in [0.2, 0.25) is 0 Å². The molecule has 0 aliphatic heterocycles. The third-order valence-corrected chi connectivity index (χ3v) is 14.4. The van der Waals surface area contributed by atoms with Crippen molar-refractivity contribution in [3.63, 3.8) is 0 Å². The Morgan fingerprint density at radius 1 is 0.365 bits per heavy atom. The summed E-state index contributed by atoms with van der Waals surface area (Å²) in [5, 5.41) is 9.74. The summed E-state index contributed by atoms with van der Waals surface area (Å²) in [6.45, 7) is 4.74. The van der Waals surface area contributed by atoms with E-state index >= 15 is 0 Å². The molecule has 0 aliphatic rings. The lowest BCUT2D eigenvalue weighted by molar-refractivity contribution is -0.870. The summed E-state index contributed by atoms with van der Waals surface area (Å²) in [5.74, 6) is -2.02. The maximum absolute atomic E-state index is 12.9. The van der Waals surface area contributed by atoms with Gasteiger partial charge in [0.25, 0.3) is 6.29 Å². The second-order valence-electron chi connectivity index (χ2n) is 23.7. The summed E-state index contributed by atoms with van der Waals surface area (Å²) in [5.41, 5.74) is 0. The molecule has 2 atom stereocenters. The largest absolute Gasteiger partial charge is 0.477 e. The fourth-order valence-corrected chi connectivity index (χ4v) is 9.15. The maximum Gasteiger partial charge on any atom is 0.361 e. The van der Waals surface area contributed by atoms with Crippen molar-refractivity contribution in [3.05, 3.63) is 134 Å². The number of carbonyl (C=O) groups is 3. The lowest BCUT2D eigenvalue weighted by atomic mass is 10.0. The number of nitrogens with zero attached hydrogens (tertiary/aromatic N) is 1. The first-order valence-corrected chi connectivity index (χ1v) is 34.3. The van der Waals surface area contributed by atoms with Crippen LogP contribution in [0.1, 0.15) is 271 Å². The molecule has 0 aromatic carbocycles. The molecule has 0 aromatic rings. The van der Waals surface area contributed by atoms with E-state index in [0.29, 0.717) is 23.9 Å².